The van der Waals surface area contributed by atoms with Gasteiger partial charge in [0, 0.05) is 42.8 Å². The van der Waals surface area contributed by atoms with Gasteiger partial charge in [-0.15, -0.1) is 0 Å². The fraction of sp³-hybridized carbons (Fsp3) is 0.591. The first kappa shape index (κ1) is 19.9. The van der Waals surface area contributed by atoms with E-state index < -0.39 is 6.04 Å². The van der Waals surface area contributed by atoms with Crippen LogP contribution in [0.15, 0.2) is 18.2 Å². The minimum atomic E-state index is -0.564. The summed E-state index contributed by atoms with van der Waals surface area (Å²) in [6.45, 7) is 6.63. The van der Waals surface area contributed by atoms with Crippen LogP contribution in [0, 0.1) is 0 Å². The molecule has 0 spiro atoms. The van der Waals surface area contributed by atoms with Crippen LogP contribution in [0.5, 0.6) is 0 Å². The molecule has 2 fully saturated rings. The predicted octanol–water partition coefficient (Wildman–Crippen LogP) is 1.80. The third kappa shape index (κ3) is 3.64. The van der Waals surface area contributed by atoms with Crippen LogP contribution in [-0.2, 0) is 16.1 Å². The Morgan fingerprint density at radius 1 is 1.17 bits per heavy atom. The maximum absolute atomic E-state index is 12.9. The summed E-state index contributed by atoms with van der Waals surface area (Å²) in [5.41, 5.74) is 2.77. The van der Waals surface area contributed by atoms with Gasteiger partial charge in [-0.05, 0) is 62.9 Å². The number of fused-ring (bicyclic) bond motifs is 1. The van der Waals surface area contributed by atoms with Gasteiger partial charge in [0.05, 0.1) is 0 Å². The molecule has 3 amide bonds. The Morgan fingerprint density at radius 3 is 2.72 bits per heavy atom. The molecule has 3 aliphatic rings. The SMILES string of the molecule is CCN[C@H]1CCC[C@@H]1N(CC)c1ccc2c(c1)CN(C1CCC(=O)NC1=O)C2=O. The van der Waals surface area contributed by atoms with Gasteiger partial charge >= 0.3 is 0 Å². The third-order valence-electron chi connectivity index (χ3n) is 6.53. The molecule has 1 unspecified atom stereocenters. The highest BCUT2D eigenvalue weighted by Gasteiger charge is 2.39. The van der Waals surface area contributed by atoms with E-state index in [0.29, 0.717) is 30.6 Å². The van der Waals surface area contributed by atoms with Crippen molar-refractivity contribution in [3.05, 3.63) is 29.3 Å². The van der Waals surface area contributed by atoms with Gasteiger partial charge in [0.1, 0.15) is 6.04 Å². The Bertz CT molecular complexity index is 824. The summed E-state index contributed by atoms with van der Waals surface area (Å²) in [4.78, 5) is 40.6. The van der Waals surface area contributed by atoms with Crippen LogP contribution in [-0.4, -0.2) is 53.8 Å². The Morgan fingerprint density at radius 2 is 2.00 bits per heavy atom. The van der Waals surface area contributed by atoms with Crippen LogP contribution < -0.4 is 15.5 Å². The number of carbonyl (C=O) groups is 3. The average Bonchev–Trinajstić information content (AvgIpc) is 3.28. The lowest BCUT2D eigenvalue weighted by Gasteiger charge is -2.34. The second kappa shape index (κ2) is 8.14. The summed E-state index contributed by atoms with van der Waals surface area (Å²) in [7, 11) is 0. The van der Waals surface area contributed by atoms with E-state index in [1.807, 2.05) is 12.1 Å². The molecule has 4 rings (SSSR count). The molecule has 0 bridgehead atoms. The molecule has 1 aliphatic carbocycles. The smallest absolute Gasteiger partial charge is 0.255 e. The van der Waals surface area contributed by atoms with Crippen molar-refractivity contribution in [1.29, 1.82) is 0 Å². The first-order chi connectivity index (χ1) is 14.0. The second-order valence-electron chi connectivity index (χ2n) is 8.19. The normalized spacial score (nSPS) is 26.6. The predicted molar refractivity (Wildman–Crippen MR) is 111 cm³/mol. The lowest BCUT2D eigenvalue weighted by molar-refractivity contribution is -0.136. The molecule has 0 radical (unpaired) electrons. The number of nitrogens with one attached hydrogen (secondary N) is 2. The largest absolute Gasteiger partial charge is 0.367 e. The van der Waals surface area contributed by atoms with Gasteiger partial charge < -0.3 is 15.1 Å². The Labute approximate surface area is 171 Å². The second-order valence-corrected chi connectivity index (χ2v) is 8.19. The number of imide groups is 1. The summed E-state index contributed by atoms with van der Waals surface area (Å²) in [5.74, 6) is -0.740. The number of nitrogens with zero attached hydrogens (tertiary/aromatic N) is 2. The van der Waals surface area contributed by atoms with Crippen molar-refractivity contribution in [2.45, 2.75) is 70.6 Å². The zero-order valence-electron chi connectivity index (χ0n) is 17.2. The van der Waals surface area contributed by atoms with Gasteiger partial charge in [-0.2, -0.15) is 0 Å². The summed E-state index contributed by atoms with van der Waals surface area (Å²) < 4.78 is 0. The van der Waals surface area contributed by atoms with E-state index in [-0.39, 0.29) is 24.1 Å². The summed E-state index contributed by atoms with van der Waals surface area (Å²) >= 11 is 0. The number of anilines is 1. The van der Waals surface area contributed by atoms with Crippen LogP contribution >= 0.6 is 0 Å². The molecular weight excluding hydrogens is 368 g/mol. The molecular formula is C22H30N4O3. The number of rotatable bonds is 6. The van der Waals surface area contributed by atoms with Crippen molar-refractivity contribution in [2.24, 2.45) is 0 Å². The fourth-order valence-electron chi connectivity index (χ4n) is 5.16. The number of amides is 3. The molecule has 156 valence electrons. The third-order valence-corrected chi connectivity index (χ3v) is 6.53. The maximum atomic E-state index is 12.9. The average molecular weight is 399 g/mol. The van der Waals surface area contributed by atoms with E-state index in [9.17, 15) is 14.4 Å². The molecule has 1 aromatic rings. The molecule has 2 aliphatic heterocycles. The van der Waals surface area contributed by atoms with Crippen molar-refractivity contribution in [3.8, 4) is 0 Å². The quantitative estimate of drug-likeness (QED) is 0.714. The molecule has 7 heteroatoms. The van der Waals surface area contributed by atoms with Crippen LogP contribution in [0.3, 0.4) is 0 Å². The van der Waals surface area contributed by atoms with E-state index >= 15 is 0 Å². The number of benzene rings is 1. The summed E-state index contributed by atoms with van der Waals surface area (Å²) in [6.07, 6.45) is 4.26. The molecule has 29 heavy (non-hydrogen) atoms. The standard InChI is InChI=1S/C22H30N4O3/c1-3-23-17-6-5-7-18(17)25(4-2)15-8-9-16-14(12-15)13-26(22(16)29)19-10-11-20(27)24-21(19)28/h8-9,12,17-19,23H,3-7,10-11,13H2,1-2H3,(H,24,27,28)/t17-,18-,19?/m0/s1. The molecule has 1 aromatic carbocycles. The monoisotopic (exact) mass is 398 g/mol. The lowest BCUT2D eigenvalue weighted by atomic mass is 10.0. The Hall–Kier alpha value is -2.41. The molecule has 2 heterocycles. The van der Waals surface area contributed by atoms with Gasteiger partial charge in [-0.1, -0.05) is 6.92 Å². The molecule has 0 aromatic heterocycles. The topological polar surface area (TPSA) is 81.8 Å². The van der Waals surface area contributed by atoms with Gasteiger partial charge in [0.25, 0.3) is 5.91 Å². The molecule has 2 N–H and O–H groups in total. The summed E-state index contributed by atoms with van der Waals surface area (Å²) in [5, 5.41) is 5.98. The summed E-state index contributed by atoms with van der Waals surface area (Å²) in [6, 6.07) is 6.44. The van der Waals surface area contributed by atoms with Gasteiger partial charge in [-0.3, -0.25) is 19.7 Å². The van der Waals surface area contributed by atoms with Crippen LogP contribution in [0.4, 0.5) is 5.69 Å². The minimum absolute atomic E-state index is 0.115. The van der Waals surface area contributed by atoms with Gasteiger partial charge in [-0.25, -0.2) is 0 Å². The zero-order chi connectivity index (χ0) is 20.5. The number of hydrogen-bond acceptors (Lipinski definition) is 5. The Kier molecular flexibility index (Phi) is 5.58. The highest BCUT2D eigenvalue weighted by atomic mass is 16.2. The first-order valence-electron chi connectivity index (χ1n) is 10.8. The molecule has 3 atom stereocenters. The van der Waals surface area contributed by atoms with Crippen molar-refractivity contribution >= 4 is 23.4 Å². The Balaban J connectivity index is 1.55. The van der Waals surface area contributed by atoms with Crippen LogP contribution in [0.1, 0.15) is 61.9 Å². The minimum Gasteiger partial charge on any atom is -0.367 e. The van der Waals surface area contributed by atoms with Gasteiger partial charge in [0.15, 0.2) is 0 Å². The first-order valence-corrected chi connectivity index (χ1v) is 10.8. The van der Waals surface area contributed by atoms with E-state index in [0.717, 1.165) is 24.3 Å². The number of carbonyl (C=O) groups excluding carboxylic acids is 3. The highest BCUT2D eigenvalue weighted by molar-refractivity contribution is 6.05. The van der Waals surface area contributed by atoms with Crippen LogP contribution in [0.25, 0.3) is 0 Å². The van der Waals surface area contributed by atoms with Gasteiger partial charge in [0.2, 0.25) is 11.8 Å². The highest BCUT2D eigenvalue weighted by Crippen LogP contribution is 2.33. The maximum Gasteiger partial charge on any atom is 0.255 e. The van der Waals surface area contributed by atoms with E-state index in [4.69, 9.17) is 0 Å². The molecule has 1 saturated carbocycles. The van der Waals surface area contributed by atoms with Crippen LogP contribution in [0.2, 0.25) is 0 Å². The van der Waals surface area contributed by atoms with E-state index in [2.05, 4.69) is 35.4 Å². The lowest BCUT2D eigenvalue weighted by Crippen LogP contribution is -2.52. The molecule has 7 nitrogen and oxygen atoms in total. The van der Waals surface area contributed by atoms with Crippen molar-refractivity contribution in [2.75, 3.05) is 18.0 Å². The number of likely N-dealkylation sites (N-methyl/N-ethyl adjacent to an activating group) is 2. The molecule has 1 saturated heterocycles. The fourth-order valence-corrected chi connectivity index (χ4v) is 5.16. The van der Waals surface area contributed by atoms with Crippen molar-refractivity contribution in [3.63, 3.8) is 0 Å². The van der Waals surface area contributed by atoms with Crippen molar-refractivity contribution < 1.29 is 14.4 Å². The van der Waals surface area contributed by atoms with E-state index in [1.54, 1.807) is 4.90 Å². The zero-order valence-corrected chi connectivity index (χ0v) is 17.2. The van der Waals surface area contributed by atoms with E-state index in [1.165, 1.54) is 19.3 Å². The number of piperidine rings is 1. The van der Waals surface area contributed by atoms with Crippen molar-refractivity contribution in [1.82, 2.24) is 15.5 Å². The number of hydrogen-bond donors (Lipinski definition) is 2.